The van der Waals surface area contributed by atoms with Crippen LogP contribution >= 0.6 is 15.9 Å². The van der Waals surface area contributed by atoms with Crippen molar-refractivity contribution in [2.45, 2.75) is 12.2 Å². The molecule has 4 heteroatoms. The van der Waals surface area contributed by atoms with Gasteiger partial charge in [0.25, 0.3) is 0 Å². The van der Waals surface area contributed by atoms with Gasteiger partial charge in [0.1, 0.15) is 12.2 Å². The number of rotatable bonds is 0. The first-order valence-electron chi connectivity index (χ1n) is 4.66. The van der Waals surface area contributed by atoms with Crippen molar-refractivity contribution < 1.29 is 9.47 Å². The van der Waals surface area contributed by atoms with E-state index in [1.54, 1.807) is 0 Å². The molecule has 1 saturated heterocycles. The Kier molecular flexibility index (Phi) is 1.92. The molecule has 3 nitrogen and oxygen atoms in total. The second-order valence-corrected chi connectivity index (χ2v) is 4.48. The molecule has 14 heavy (non-hydrogen) atoms. The van der Waals surface area contributed by atoms with Crippen molar-refractivity contribution in [2.75, 3.05) is 13.1 Å². The van der Waals surface area contributed by atoms with Crippen LogP contribution in [-0.4, -0.2) is 25.3 Å². The van der Waals surface area contributed by atoms with Gasteiger partial charge >= 0.3 is 0 Å². The standard InChI is InChI=1S/C10H10BrNO2/c11-6-1-2-7-8(3-6)14-10-5-12-4-9(10)13-7/h1-3,9-10,12H,4-5H2. The Labute approximate surface area is 90.5 Å². The van der Waals surface area contributed by atoms with Gasteiger partial charge in [-0.25, -0.2) is 0 Å². The number of benzene rings is 1. The zero-order chi connectivity index (χ0) is 9.54. The minimum atomic E-state index is 0.164. The van der Waals surface area contributed by atoms with Crippen LogP contribution in [0.1, 0.15) is 0 Å². The van der Waals surface area contributed by atoms with Gasteiger partial charge in [-0.15, -0.1) is 0 Å². The zero-order valence-electron chi connectivity index (χ0n) is 7.50. The van der Waals surface area contributed by atoms with Gasteiger partial charge in [0, 0.05) is 17.6 Å². The van der Waals surface area contributed by atoms with Gasteiger partial charge < -0.3 is 14.8 Å². The molecule has 1 N–H and O–H groups in total. The molecule has 2 atom stereocenters. The van der Waals surface area contributed by atoms with E-state index < -0.39 is 0 Å². The molecule has 0 bridgehead atoms. The van der Waals surface area contributed by atoms with Crippen LogP contribution in [0.25, 0.3) is 0 Å². The van der Waals surface area contributed by atoms with Gasteiger partial charge in [-0.2, -0.15) is 0 Å². The summed E-state index contributed by atoms with van der Waals surface area (Å²) in [5, 5.41) is 3.25. The lowest BCUT2D eigenvalue weighted by Gasteiger charge is -2.28. The highest BCUT2D eigenvalue weighted by Crippen LogP contribution is 2.36. The lowest BCUT2D eigenvalue weighted by Crippen LogP contribution is -2.38. The van der Waals surface area contributed by atoms with Gasteiger partial charge in [-0.3, -0.25) is 0 Å². The van der Waals surface area contributed by atoms with Crippen LogP contribution in [0.3, 0.4) is 0 Å². The summed E-state index contributed by atoms with van der Waals surface area (Å²) >= 11 is 3.41. The SMILES string of the molecule is Brc1ccc2c(c1)OC1CNCC1O2. The summed E-state index contributed by atoms with van der Waals surface area (Å²) in [5.74, 6) is 1.68. The highest BCUT2D eigenvalue weighted by atomic mass is 79.9. The molecule has 1 aromatic carbocycles. The average molecular weight is 256 g/mol. The van der Waals surface area contributed by atoms with Gasteiger partial charge in [0.2, 0.25) is 0 Å². The molecule has 0 spiro atoms. The van der Waals surface area contributed by atoms with Crippen LogP contribution < -0.4 is 14.8 Å². The number of halogens is 1. The smallest absolute Gasteiger partial charge is 0.163 e. The number of nitrogens with one attached hydrogen (secondary N) is 1. The van der Waals surface area contributed by atoms with E-state index in [1.165, 1.54) is 0 Å². The molecule has 2 aliphatic heterocycles. The molecule has 74 valence electrons. The number of fused-ring (bicyclic) bond motifs is 2. The maximum atomic E-state index is 5.82. The summed E-state index contributed by atoms with van der Waals surface area (Å²) in [7, 11) is 0. The van der Waals surface area contributed by atoms with Crippen LogP contribution in [0.5, 0.6) is 11.5 Å². The third kappa shape index (κ3) is 1.29. The maximum absolute atomic E-state index is 5.82. The fraction of sp³-hybridized carbons (Fsp3) is 0.400. The Balaban J connectivity index is 1.97. The van der Waals surface area contributed by atoms with Gasteiger partial charge in [-0.05, 0) is 18.2 Å². The van der Waals surface area contributed by atoms with E-state index in [1.807, 2.05) is 18.2 Å². The highest BCUT2D eigenvalue weighted by molar-refractivity contribution is 9.10. The molecule has 0 aliphatic carbocycles. The summed E-state index contributed by atoms with van der Waals surface area (Å²) < 4.78 is 12.6. The van der Waals surface area contributed by atoms with Crippen molar-refractivity contribution >= 4 is 15.9 Å². The molecule has 1 aromatic rings. The zero-order valence-corrected chi connectivity index (χ0v) is 9.08. The van der Waals surface area contributed by atoms with Crippen molar-refractivity contribution in [3.63, 3.8) is 0 Å². The van der Waals surface area contributed by atoms with E-state index in [0.29, 0.717) is 0 Å². The molecule has 0 saturated carbocycles. The quantitative estimate of drug-likeness (QED) is 0.764. The molecule has 0 radical (unpaired) electrons. The Hall–Kier alpha value is -0.740. The normalized spacial score (nSPS) is 28.6. The molecule has 2 aliphatic rings. The van der Waals surface area contributed by atoms with Gasteiger partial charge in [0.15, 0.2) is 11.5 Å². The predicted octanol–water partition coefficient (Wildman–Crippen LogP) is 1.56. The predicted molar refractivity (Wildman–Crippen MR) is 55.8 cm³/mol. The Morgan fingerprint density at radius 2 is 1.86 bits per heavy atom. The van der Waals surface area contributed by atoms with Crippen molar-refractivity contribution in [1.29, 1.82) is 0 Å². The number of hydrogen-bond acceptors (Lipinski definition) is 3. The first-order chi connectivity index (χ1) is 6.83. The van der Waals surface area contributed by atoms with E-state index in [2.05, 4.69) is 21.2 Å². The van der Waals surface area contributed by atoms with Gasteiger partial charge in [-0.1, -0.05) is 15.9 Å². The molecule has 0 amide bonds. The van der Waals surface area contributed by atoms with Crippen molar-refractivity contribution in [2.24, 2.45) is 0 Å². The monoisotopic (exact) mass is 255 g/mol. The maximum Gasteiger partial charge on any atom is 0.163 e. The van der Waals surface area contributed by atoms with Crippen molar-refractivity contribution in [3.8, 4) is 11.5 Å². The first-order valence-corrected chi connectivity index (χ1v) is 5.46. The second kappa shape index (κ2) is 3.14. The lowest BCUT2D eigenvalue weighted by atomic mass is 10.2. The second-order valence-electron chi connectivity index (χ2n) is 3.56. The molecule has 1 fully saturated rings. The molecular weight excluding hydrogens is 246 g/mol. The average Bonchev–Trinajstić information content (AvgIpc) is 2.61. The topological polar surface area (TPSA) is 30.5 Å². The van der Waals surface area contributed by atoms with E-state index in [-0.39, 0.29) is 12.2 Å². The molecule has 0 aromatic heterocycles. The summed E-state index contributed by atoms with van der Waals surface area (Å²) in [6.45, 7) is 1.75. The number of hydrogen-bond donors (Lipinski definition) is 1. The summed E-state index contributed by atoms with van der Waals surface area (Å²) in [4.78, 5) is 0. The summed E-state index contributed by atoms with van der Waals surface area (Å²) in [5.41, 5.74) is 0. The third-order valence-electron chi connectivity index (χ3n) is 2.57. The van der Waals surface area contributed by atoms with Crippen LogP contribution in [0, 0.1) is 0 Å². The Morgan fingerprint density at radius 1 is 1.14 bits per heavy atom. The minimum absolute atomic E-state index is 0.164. The largest absolute Gasteiger partial charge is 0.481 e. The van der Waals surface area contributed by atoms with Crippen LogP contribution in [-0.2, 0) is 0 Å². The fourth-order valence-electron chi connectivity index (χ4n) is 1.86. The Morgan fingerprint density at radius 3 is 2.64 bits per heavy atom. The lowest BCUT2D eigenvalue weighted by molar-refractivity contribution is 0.0552. The highest BCUT2D eigenvalue weighted by Gasteiger charge is 2.35. The van der Waals surface area contributed by atoms with E-state index >= 15 is 0 Å². The summed E-state index contributed by atoms with van der Waals surface area (Å²) in [6, 6.07) is 5.85. The van der Waals surface area contributed by atoms with E-state index in [9.17, 15) is 0 Å². The molecule has 2 unspecified atom stereocenters. The molecule has 2 heterocycles. The minimum Gasteiger partial charge on any atom is -0.481 e. The van der Waals surface area contributed by atoms with Crippen molar-refractivity contribution in [1.82, 2.24) is 5.32 Å². The summed E-state index contributed by atoms with van der Waals surface area (Å²) in [6.07, 6.45) is 0.334. The first kappa shape index (κ1) is 8.56. The van der Waals surface area contributed by atoms with E-state index in [0.717, 1.165) is 29.1 Å². The van der Waals surface area contributed by atoms with Crippen LogP contribution in [0.15, 0.2) is 22.7 Å². The third-order valence-corrected chi connectivity index (χ3v) is 3.06. The van der Waals surface area contributed by atoms with Gasteiger partial charge in [0.05, 0.1) is 0 Å². The number of ether oxygens (including phenoxy) is 2. The fourth-order valence-corrected chi connectivity index (χ4v) is 2.20. The molecular formula is C10H10BrNO2. The van der Waals surface area contributed by atoms with Crippen LogP contribution in [0.4, 0.5) is 0 Å². The van der Waals surface area contributed by atoms with Crippen molar-refractivity contribution in [3.05, 3.63) is 22.7 Å². The van der Waals surface area contributed by atoms with Crippen LogP contribution in [0.2, 0.25) is 0 Å². The van der Waals surface area contributed by atoms with E-state index in [4.69, 9.17) is 9.47 Å². The molecule has 3 rings (SSSR count). The Bertz CT molecular complexity index is 369.